The highest BCUT2D eigenvalue weighted by Crippen LogP contribution is 2.37. The Morgan fingerprint density at radius 1 is 1.15 bits per heavy atom. The third-order valence-corrected chi connectivity index (χ3v) is 5.16. The van der Waals surface area contributed by atoms with Crippen molar-refractivity contribution in [3.05, 3.63) is 59.9 Å². The highest BCUT2D eigenvalue weighted by Gasteiger charge is 2.23. The van der Waals surface area contributed by atoms with Gasteiger partial charge in [0.1, 0.15) is 5.84 Å². The molecule has 138 valence electrons. The molecule has 1 aliphatic carbocycles. The van der Waals surface area contributed by atoms with E-state index < -0.39 is 5.82 Å². The number of anilines is 1. The van der Waals surface area contributed by atoms with Crippen LogP contribution in [-0.4, -0.2) is 18.2 Å². The summed E-state index contributed by atoms with van der Waals surface area (Å²) >= 11 is 0. The lowest BCUT2D eigenvalue weighted by molar-refractivity contribution is 0.306. The lowest BCUT2D eigenvalue weighted by atomic mass is 9.77. The third-order valence-electron chi connectivity index (χ3n) is 5.16. The standard InChI is InChI=1S/C21H25FN2O2/c1-26-20-12-11-18(14-19(20)22)23-21(24-25)13-15-7-9-17(10-8-15)16-5-3-2-4-6-16/h2-6,11-12,14-15,17,25H,7-10,13H2,1H3,(H,23,24)/t15-,17+. The molecule has 2 N–H and O–H groups in total. The van der Waals surface area contributed by atoms with Gasteiger partial charge >= 0.3 is 0 Å². The number of methoxy groups -OCH3 is 1. The fourth-order valence-electron chi connectivity index (χ4n) is 3.73. The van der Waals surface area contributed by atoms with Crippen LogP contribution in [0.2, 0.25) is 0 Å². The van der Waals surface area contributed by atoms with Gasteiger partial charge in [0.15, 0.2) is 11.6 Å². The van der Waals surface area contributed by atoms with E-state index in [-0.39, 0.29) is 5.75 Å². The zero-order valence-electron chi connectivity index (χ0n) is 15.0. The molecule has 1 aliphatic rings. The average molecular weight is 356 g/mol. The van der Waals surface area contributed by atoms with E-state index in [1.54, 1.807) is 12.1 Å². The number of nitrogens with one attached hydrogen (secondary N) is 1. The largest absolute Gasteiger partial charge is 0.494 e. The molecule has 5 heteroatoms. The average Bonchev–Trinajstić information content (AvgIpc) is 2.69. The van der Waals surface area contributed by atoms with Gasteiger partial charge in [0.05, 0.1) is 7.11 Å². The van der Waals surface area contributed by atoms with E-state index in [4.69, 9.17) is 4.74 Å². The lowest BCUT2D eigenvalue weighted by Crippen LogP contribution is -2.21. The molecule has 4 nitrogen and oxygen atoms in total. The minimum Gasteiger partial charge on any atom is -0.494 e. The van der Waals surface area contributed by atoms with Crippen LogP contribution in [0.15, 0.2) is 53.7 Å². The van der Waals surface area contributed by atoms with Crippen molar-refractivity contribution >= 4 is 11.5 Å². The van der Waals surface area contributed by atoms with Crippen LogP contribution in [0.1, 0.15) is 43.6 Å². The molecule has 0 heterocycles. The summed E-state index contributed by atoms with van der Waals surface area (Å²) in [6.07, 6.45) is 5.13. The predicted molar refractivity (Wildman–Crippen MR) is 102 cm³/mol. The summed E-state index contributed by atoms with van der Waals surface area (Å²) in [5.41, 5.74) is 1.96. The molecular formula is C21H25FN2O2. The van der Waals surface area contributed by atoms with Gasteiger partial charge < -0.3 is 15.3 Å². The molecule has 0 aliphatic heterocycles. The summed E-state index contributed by atoms with van der Waals surface area (Å²) in [7, 11) is 1.43. The Bertz CT molecular complexity index is 741. The Morgan fingerprint density at radius 3 is 2.50 bits per heavy atom. The number of nitrogens with zero attached hydrogens (tertiary/aromatic N) is 1. The van der Waals surface area contributed by atoms with Crippen molar-refractivity contribution in [3.63, 3.8) is 0 Å². The molecule has 2 aromatic carbocycles. The van der Waals surface area contributed by atoms with Crippen LogP contribution in [-0.2, 0) is 0 Å². The van der Waals surface area contributed by atoms with Gasteiger partial charge in [-0.3, -0.25) is 0 Å². The van der Waals surface area contributed by atoms with Crippen LogP contribution in [0.4, 0.5) is 10.1 Å². The summed E-state index contributed by atoms with van der Waals surface area (Å²) in [6, 6.07) is 15.2. The number of rotatable bonds is 5. The summed E-state index contributed by atoms with van der Waals surface area (Å²) in [5.74, 6) is 1.30. The Labute approximate surface area is 153 Å². The minimum atomic E-state index is -0.446. The first kappa shape index (κ1) is 18.2. The van der Waals surface area contributed by atoms with E-state index in [9.17, 15) is 9.60 Å². The van der Waals surface area contributed by atoms with Gasteiger partial charge in [0.2, 0.25) is 0 Å². The highest BCUT2D eigenvalue weighted by molar-refractivity contribution is 5.95. The topological polar surface area (TPSA) is 53.8 Å². The monoisotopic (exact) mass is 356 g/mol. The smallest absolute Gasteiger partial charge is 0.167 e. The van der Waals surface area contributed by atoms with E-state index in [1.165, 1.54) is 18.7 Å². The highest BCUT2D eigenvalue weighted by atomic mass is 19.1. The maximum atomic E-state index is 13.8. The molecule has 26 heavy (non-hydrogen) atoms. The number of benzene rings is 2. The van der Waals surface area contributed by atoms with E-state index in [0.717, 1.165) is 25.7 Å². The van der Waals surface area contributed by atoms with Crippen LogP contribution in [0, 0.1) is 11.7 Å². The molecule has 0 atom stereocenters. The molecule has 0 aromatic heterocycles. The maximum Gasteiger partial charge on any atom is 0.167 e. The van der Waals surface area contributed by atoms with Crippen LogP contribution < -0.4 is 10.1 Å². The molecule has 0 bridgehead atoms. The van der Waals surface area contributed by atoms with Gasteiger partial charge in [-0.1, -0.05) is 35.5 Å². The zero-order valence-corrected chi connectivity index (χ0v) is 15.0. The first-order valence-corrected chi connectivity index (χ1v) is 9.06. The molecule has 0 saturated heterocycles. The van der Waals surface area contributed by atoms with Gasteiger partial charge in [-0.05, 0) is 55.2 Å². The maximum absolute atomic E-state index is 13.8. The van der Waals surface area contributed by atoms with Gasteiger partial charge in [-0.25, -0.2) is 4.39 Å². The Balaban J connectivity index is 1.54. The lowest BCUT2D eigenvalue weighted by Gasteiger charge is -2.29. The van der Waals surface area contributed by atoms with Crippen molar-refractivity contribution in [3.8, 4) is 5.75 Å². The number of halogens is 1. The minimum absolute atomic E-state index is 0.192. The van der Waals surface area contributed by atoms with Crippen LogP contribution >= 0.6 is 0 Å². The Kier molecular flexibility index (Phi) is 6.10. The van der Waals surface area contributed by atoms with Crippen molar-refractivity contribution in [2.45, 2.75) is 38.0 Å². The predicted octanol–water partition coefficient (Wildman–Crippen LogP) is 5.40. The number of hydrogen-bond acceptors (Lipinski definition) is 3. The Morgan fingerprint density at radius 2 is 1.88 bits per heavy atom. The SMILES string of the molecule is COc1ccc(N/C(C[C@H]2CC[C@@H](c3ccccc3)CC2)=N\O)cc1F. The van der Waals surface area contributed by atoms with Crippen LogP contribution in [0.5, 0.6) is 5.75 Å². The number of amidine groups is 1. The molecule has 0 unspecified atom stereocenters. The van der Waals surface area contributed by atoms with E-state index in [0.29, 0.717) is 29.8 Å². The summed E-state index contributed by atoms with van der Waals surface area (Å²) < 4.78 is 18.7. The van der Waals surface area contributed by atoms with Gasteiger partial charge in [0.25, 0.3) is 0 Å². The van der Waals surface area contributed by atoms with Gasteiger partial charge in [0, 0.05) is 18.2 Å². The van der Waals surface area contributed by atoms with Crippen molar-refractivity contribution in [1.82, 2.24) is 0 Å². The number of hydrogen-bond donors (Lipinski definition) is 2. The van der Waals surface area contributed by atoms with E-state index >= 15 is 0 Å². The zero-order chi connectivity index (χ0) is 18.4. The first-order valence-electron chi connectivity index (χ1n) is 9.06. The molecule has 0 radical (unpaired) electrons. The fraction of sp³-hybridized carbons (Fsp3) is 0.381. The van der Waals surface area contributed by atoms with Gasteiger partial charge in [-0.2, -0.15) is 0 Å². The van der Waals surface area contributed by atoms with Crippen molar-refractivity contribution in [1.29, 1.82) is 0 Å². The first-order chi connectivity index (χ1) is 12.7. The third kappa shape index (κ3) is 4.54. The van der Waals surface area contributed by atoms with E-state index in [2.05, 4.69) is 34.7 Å². The molecule has 0 amide bonds. The number of oxime groups is 1. The molecule has 1 fully saturated rings. The quantitative estimate of drug-likeness (QED) is 0.326. The fourth-order valence-corrected chi connectivity index (χ4v) is 3.73. The summed E-state index contributed by atoms with van der Waals surface area (Å²) in [5, 5.41) is 15.7. The van der Waals surface area contributed by atoms with Crippen molar-refractivity contribution in [2.24, 2.45) is 11.1 Å². The Hall–Kier alpha value is -2.56. The second-order valence-electron chi connectivity index (χ2n) is 6.85. The van der Waals surface area contributed by atoms with E-state index in [1.807, 2.05) is 6.07 Å². The molecule has 2 aromatic rings. The van der Waals surface area contributed by atoms with Crippen LogP contribution in [0.25, 0.3) is 0 Å². The second-order valence-corrected chi connectivity index (χ2v) is 6.85. The molecular weight excluding hydrogens is 331 g/mol. The molecule has 0 spiro atoms. The van der Waals surface area contributed by atoms with Crippen LogP contribution in [0.3, 0.4) is 0 Å². The molecule has 3 rings (SSSR count). The number of ether oxygens (including phenoxy) is 1. The summed E-state index contributed by atoms with van der Waals surface area (Å²) in [4.78, 5) is 0. The normalized spacial score (nSPS) is 20.6. The van der Waals surface area contributed by atoms with Crippen molar-refractivity contribution in [2.75, 3.05) is 12.4 Å². The molecule has 1 saturated carbocycles. The van der Waals surface area contributed by atoms with Crippen molar-refractivity contribution < 1.29 is 14.3 Å². The summed E-state index contributed by atoms with van der Waals surface area (Å²) in [6.45, 7) is 0. The van der Waals surface area contributed by atoms with Gasteiger partial charge in [-0.15, -0.1) is 0 Å². The second kappa shape index (κ2) is 8.70.